The number of aromatic nitrogens is 2. The van der Waals surface area contributed by atoms with Crippen LogP contribution in [-0.2, 0) is 0 Å². The summed E-state index contributed by atoms with van der Waals surface area (Å²) in [4.78, 5) is 12.2. The second-order valence-corrected chi connectivity index (χ2v) is 5.54. The summed E-state index contributed by atoms with van der Waals surface area (Å²) in [6.45, 7) is 5.65. The molecule has 1 amide bonds. The van der Waals surface area contributed by atoms with Gasteiger partial charge in [-0.05, 0) is 32.9 Å². The Morgan fingerprint density at radius 1 is 1.50 bits per heavy atom. The first kappa shape index (κ1) is 12.9. The van der Waals surface area contributed by atoms with E-state index in [1.807, 2.05) is 39.0 Å². The Labute approximate surface area is 111 Å². The van der Waals surface area contributed by atoms with E-state index in [2.05, 4.69) is 10.4 Å². The molecule has 2 rings (SSSR count). The first-order valence-electron chi connectivity index (χ1n) is 5.81. The molecule has 2 aromatic rings. The molecule has 0 spiro atoms. The Morgan fingerprint density at radius 2 is 2.22 bits per heavy atom. The number of carbonyl (C=O) groups is 1. The summed E-state index contributed by atoms with van der Waals surface area (Å²) < 4.78 is 1.67. The predicted octanol–water partition coefficient (Wildman–Crippen LogP) is 2.47. The summed E-state index contributed by atoms with van der Waals surface area (Å²) in [6, 6.07) is 5.61. The highest BCUT2D eigenvalue weighted by Gasteiger charge is 2.27. The van der Waals surface area contributed by atoms with Crippen molar-refractivity contribution in [1.29, 1.82) is 0 Å². The molecule has 0 saturated carbocycles. The molecular formula is C13H16ClN3O. The van der Waals surface area contributed by atoms with Gasteiger partial charge in [0.15, 0.2) is 0 Å². The Bertz CT molecular complexity index is 574. The van der Waals surface area contributed by atoms with Crippen molar-refractivity contribution >= 4 is 23.0 Å². The zero-order valence-electron chi connectivity index (χ0n) is 10.6. The van der Waals surface area contributed by atoms with Crippen LogP contribution in [-0.4, -0.2) is 26.4 Å². The Balaban J connectivity index is 2.30. The van der Waals surface area contributed by atoms with Gasteiger partial charge in [0.05, 0.1) is 28.2 Å². The maximum atomic E-state index is 12.2. The summed E-state index contributed by atoms with van der Waals surface area (Å²) in [7, 11) is 0. The van der Waals surface area contributed by atoms with Crippen LogP contribution >= 0.6 is 11.6 Å². The van der Waals surface area contributed by atoms with Crippen molar-refractivity contribution in [2.45, 2.75) is 31.7 Å². The van der Waals surface area contributed by atoms with Crippen molar-refractivity contribution in [3.8, 4) is 0 Å². The maximum absolute atomic E-state index is 12.2. The lowest BCUT2D eigenvalue weighted by molar-refractivity contribution is 0.0914. The van der Waals surface area contributed by atoms with Gasteiger partial charge in [-0.15, -0.1) is 11.6 Å². The van der Waals surface area contributed by atoms with E-state index in [0.29, 0.717) is 5.56 Å². The van der Waals surface area contributed by atoms with Crippen LogP contribution in [0.2, 0.25) is 0 Å². The van der Waals surface area contributed by atoms with E-state index in [4.69, 9.17) is 11.6 Å². The third kappa shape index (κ3) is 2.34. The normalized spacial score (nSPS) is 13.6. The first-order valence-corrected chi connectivity index (χ1v) is 6.24. The number of amides is 1. The standard InChI is InChI=1S/C13H16ClN3O/c1-9(14)13(2,3)16-12(18)10-8-15-17-7-5-4-6-11(10)17/h4-9H,1-3H3,(H,16,18). The lowest BCUT2D eigenvalue weighted by Gasteiger charge is -2.28. The lowest BCUT2D eigenvalue weighted by atomic mass is 10.0. The summed E-state index contributed by atoms with van der Waals surface area (Å²) in [5.41, 5.74) is 0.871. The number of hydrogen-bond donors (Lipinski definition) is 1. The van der Waals surface area contributed by atoms with E-state index in [1.54, 1.807) is 16.9 Å². The van der Waals surface area contributed by atoms with Gasteiger partial charge < -0.3 is 5.32 Å². The highest BCUT2D eigenvalue weighted by molar-refractivity contribution is 6.21. The number of nitrogens with zero attached hydrogens (tertiary/aromatic N) is 2. The van der Waals surface area contributed by atoms with Crippen LogP contribution in [0.25, 0.3) is 5.52 Å². The number of rotatable bonds is 3. The SMILES string of the molecule is CC(Cl)C(C)(C)NC(=O)c1cnn2ccccc12. The number of halogens is 1. The summed E-state index contributed by atoms with van der Waals surface area (Å²) >= 11 is 6.06. The number of hydrogen-bond acceptors (Lipinski definition) is 2. The molecule has 2 aromatic heterocycles. The molecule has 2 heterocycles. The van der Waals surface area contributed by atoms with E-state index in [9.17, 15) is 4.79 Å². The molecule has 0 aliphatic carbocycles. The van der Waals surface area contributed by atoms with Gasteiger partial charge in [-0.25, -0.2) is 4.52 Å². The Kier molecular flexibility index (Phi) is 3.30. The molecular weight excluding hydrogens is 250 g/mol. The Hall–Kier alpha value is -1.55. The lowest BCUT2D eigenvalue weighted by Crippen LogP contribution is -2.49. The van der Waals surface area contributed by atoms with Crippen LogP contribution in [0, 0.1) is 0 Å². The number of alkyl halides is 1. The largest absolute Gasteiger partial charge is 0.346 e. The average molecular weight is 266 g/mol. The summed E-state index contributed by atoms with van der Waals surface area (Å²) in [5.74, 6) is -0.159. The van der Waals surface area contributed by atoms with E-state index in [0.717, 1.165) is 5.52 Å². The third-order valence-corrected chi connectivity index (χ3v) is 3.65. The zero-order chi connectivity index (χ0) is 13.3. The zero-order valence-corrected chi connectivity index (χ0v) is 11.4. The van der Waals surface area contributed by atoms with Gasteiger partial charge in [0, 0.05) is 6.20 Å². The summed E-state index contributed by atoms with van der Waals surface area (Å²) in [6.07, 6.45) is 3.38. The molecule has 1 unspecified atom stereocenters. The van der Waals surface area contributed by atoms with Crippen molar-refractivity contribution in [3.05, 3.63) is 36.2 Å². The minimum absolute atomic E-state index is 0.159. The molecule has 4 nitrogen and oxygen atoms in total. The second kappa shape index (κ2) is 4.61. The molecule has 0 radical (unpaired) electrons. The number of pyridine rings is 1. The van der Waals surface area contributed by atoms with Gasteiger partial charge >= 0.3 is 0 Å². The molecule has 0 aliphatic heterocycles. The molecule has 0 fully saturated rings. The average Bonchev–Trinajstić information content (AvgIpc) is 2.71. The van der Waals surface area contributed by atoms with Gasteiger partial charge in [0.1, 0.15) is 0 Å². The Morgan fingerprint density at radius 3 is 2.89 bits per heavy atom. The van der Waals surface area contributed by atoms with Crippen molar-refractivity contribution in [2.75, 3.05) is 0 Å². The van der Waals surface area contributed by atoms with E-state index < -0.39 is 5.54 Å². The first-order chi connectivity index (χ1) is 8.42. The molecule has 18 heavy (non-hydrogen) atoms. The van der Waals surface area contributed by atoms with Crippen LogP contribution in [0.3, 0.4) is 0 Å². The smallest absolute Gasteiger partial charge is 0.255 e. The molecule has 5 heteroatoms. The van der Waals surface area contributed by atoms with Crippen LogP contribution in [0.4, 0.5) is 0 Å². The number of nitrogens with one attached hydrogen (secondary N) is 1. The van der Waals surface area contributed by atoms with Gasteiger partial charge in [0.25, 0.3) is 5.91 Å². The summed E-state index contributed by atoms with van der Waals surface area (Å²) in [5, 5.41) is 6.90. The van der Waals surface area contributed by atoms with Gasteiger partial charge in [-0.1, -0.05) is 6.07 Å². The third-order valence-electron chi connectivity index (χ3n) is 3.10. The fraction of sp³-hybridized carbons (Fsp3) is 0.385. The minimum Gasteiger partial charge on any atom is -0.346 e. The molecule has 0 bridgehead atoms. The minimum atomic E-state index is -0.471. The molecule has 1 atom stereocenters. The van der Waals surface area contributed by atoms with Crippen LogP contribution in [0.15, 0.2) is 30.6 Å². The fourth-order valence-electron chi connectivity index (χ4n) is 1.57. The highest BCUT2D eigenvalue weighted by Crippen LogP contribution is 2.17. The van der Waals surface area contributed by atoms with Crippen molar-refractivity contribution in [3.63, 3.8) is 0 Å². The molecule has 0 aliphatic rings. The van der Waals surface area contributed by atoms with Crippen LogP contribution < -0.4 is 5.32 Å². The topological polar surface area (TPSA) is 46.4 Å². The maximum Gasteiger partial charge on any atom is 0.255 e. The number of fused-ring (bicyclic) bond motifs is 1. The fourth-order valence-corrected chi connectivity index (χ4v) is 1.62. The molecule has 0 aromatic carbocycles. The van der Waals surface area contributed by atoms with E-state index >= 15 is 0 Å². The van der Waals surface area contributed by atoms with Crippen molar-refractivity contribution in [1.82, 2.24) is 14.9 Å². The highest BCUT2D eigenvalue weighted by atomic mass is 35.5. The second-order valence-electron chi connectivity index (χ2n) is 4.88. The van der Waals surface area contributed by atoms with Crippen molar-refractivity contribution in [2.24, 2.45) is 0 Å². The molecule has 96 valence electrons. The van der Waals surface area contributed by atoms with E-state index in [1.165, 1.54) is 0 Å². The van der Waals surface area contributed by atoms with Gasteiger partial charge in [-0.2, -0.15) is 5.10 Å². The van der Waals surface area contributed by atoms with Crippen LogP contribution in [0.1, 0.15) is 31.1 Å². The monoisotopic (exact) mass is 265 g/mol. The molecule has 1 N–H and O–H groups in total. The van der Waals surface area contributed by atoms with E-state index in [-0.39, 0.29) is 11.3 Å². The van der Waals surface area contributed by atoms with Crippen molar-refractivity contribution < 1.29 is 4.79 Å². The number of carbonyl (C=O) groups excluding carboxylic acids is 1. The van der Waals surface area contributed by atoms with Gasteiger partial charge in [0.2, 0.25) is 0 Å². The van der Waals surface area contributed by atoms with Gasteiger partial charge in [-0.3, -0.25) is 4.79 Å². The quantitative estimate of drug-likeness (QED) is 0.867. The predicted molar refractivity (Wildman–Crippen MR) is 72.1 cm³/mol. The molecule has 0 saturated heterocycles. The van der Waals surface area contributed by atoms with Crippen LogP contribution in [0.5, 0.6) is 0 Å².